The smallest absolute Gasteiger partial charge is 0.266 e. The van der Waals surface area contributed by atoms with Crippen LogP contribution in [0.2, 0.25) is 0 Å². The lowest BCUT2D eigenvalue weighted by molar-refractivity contribution is 0.213. The van der Waals surface area contributed by atoms with Crippen molar-refractivity contribution in [3.63, 3.8) is 0 Å². The highest BCUT2D eigenvalue weighted by atomic mass is 16.1. The molecule has 0 spiro atoms. The van der Waals surface area contributed by atoms with Gasteiger partial charge in [0, 0.05) is 42.8 Å². The highest BCUT2D eigenvalue weighted by Crippen LogP contribution is 2.19. The molecular formula is C18H21N7O. The van der Waals surface area contributed by atoms with Crippen LogP contribution >= 0.6 is 0 Å². The number of likely N-dealkylation sites (tertiary alicyclic amines) is 1. The molecule has 26 heavy (non-hydrogen) atoms. The van der Waals surface area contributed by atoms with Gasteiger partial charge in [0.1, 0.15) is 0 Å². The number of pyridine rings is 1. The SMILES string of the molecule is O=c1ccc(-c2cccnc2)nn1CC1CCCN1CCn1ccnn1. The molecule has 0 N–H and O–H groups in total. The maximum Gasteiger partial charge on any atom is 0.266 e. The maximum absolute atomic E-state index is 12.3. The van der Waals surface area contributed by atoms with E-state index in [1.165, 1.54) is 0 Å². The first-order valence-corrected chi connectivity index (χ1v) is 8.86. The highest BCUT2D eigenvalue weighted by molar-refractivity contribution is 5.56. The number of aromatic nitrogens is 6. The van der Waals surface area contributed by atoms with Gasteiger partial charge < -0.3 is 0 Å². The second-order valence-electron chi connectivity index (χ2n) is 6.48. The largest absolute Gasteiger partial charge is 0.297 e. The lowest BCUT2D eigenvalue weighted by Gasteiger charge is -2.24. The third kappa shape index (κ3) is 3.70. The van der Waals surface area contributed by atoms with Crippen LogP contribution in [0, 0.1) is 0 Å². The summed E-state index contributed by atoms with van der Waals surface area (Å²) < 4.78 is 3.42. The molecule has 0 amide bonds. The zero-order valence-corrected chi connectivity index (χ0v) is 14.5. The van der Waals surface area contributed by atoms with Crippen molar-refractivity contribution in [3.8, 4) is 11.3 Å². The van der Waals surface area contributed by atoms with Gasteiger partial charge in [-0.05, 0) is 37.6 Å². The van der Waals surface area contributed by atoms with Crippen molar-refractivity contribution in [2.24, 2.45) is 0 Å². The zero-order valence-electron chi connectivity index (χ0n) is 14.5. The van der Waals surface area contributed by atoms with Gasteiger partial charge in [-0.25, -0.2) is 4.68 Å². The van der Waals surface area contributed by atoms with Crippen LogP contribution in [0.3, 0.4) is 0 Å². The van der Waals surface area contributed by atoms with Crippen LogP contribution in [0.4, 0.5) is 0 Å². The van der Waals surface area contributed by atoms with Crippen LogP contribution in [-0.2, 0) is 13.1 Å². The van der Waals surface area contributed by atoms with Gasteiger partial charge in [-0.1, -0.05) is 5.21 Å². The minimum absolute atomic E-state index is 0.0687. The van der Waals surface area contributed by atoms with Crippen molar-refractivity contribution in [2.75, 3.05) is 13.1 Å². The average molecular weight is 351 g/mol. The first-order chi connectivity index (χ1) is 12.8. The number of nitrogens with zero attached hydrogens (tertiary/aromatic N) is 7. The van der Waals surface area contributed by atoms with Gasteiger partial charge in [0.25, 0.3) is 5.56 Å². The predicted octanol–water partition coefficient (Wildman–Crippen LogP) is 1.06. The van der Waals surface area contributed by atoms with Crippen LogP contribution in [0.1, 0.15) is 12.8 Å². The van der Waals surface area contributed by atoms with Gasteiger partial charge in [0.15, 0.2) is 0 Å². The molecule has 0 saturated carbocycles. The average Bonchev–Trinajstić information content (AvgIpc) is 3.34. The van der Waals surface area contributed by atoms with Crippen LogP contribution in [0.15, 0.2) is 53.8 Å². The summed E-state index contributed by atoms with van der Waals surface area (Å²) in [5.41, 5.74) is 1.61. The van der Waals surface area contributed by atoms with E-state index in [2.05, 4.69) is 25.3 Å². The first-order valence-electron chi connectivity index (χ1n) is 8.86. The fourth-order valence-electron chi connectivity index (χ4n) is 3.43. The van der Waals surface area contributed by atoms with E-state index in [0.717, 1.165) is 43.7 Å². The Labute approximate surface area is 151 Å². The minimum atomic E-state index is -0.0687. The Balaban J connectivity index is 1.48. The molecule has 1 atom stereocenters. The molecule has 0 aromatic carbocycles. The number of hydrogen-bond acceptors (Lipinski definition) is 6. The van der Waals surface area contributed by atoms with Crippen LogP contribution in [0.5, 0.6) is 0 Å². The van der Waals surface area contributed by atoms with Crippen LogP contribution in [0.25, 0.3) is 11.3 Å². The van der Waals surface area contributed by atoms with E-state index >= 15 is 0 Å². The molecule has 1 saturated heterocycles. The molecule has 0 radical (unpaired) electrons. The molecule has 4 rings (SSSR count). The second-order valence-corrected chi connectivity index (χ2v) is 6.48. The normalized spacial score (nSPS) is 17.6. The van der Waals surface area contributed by atoms with Gasteiger partial charge in [0.2, 0.25) is 0 Å². The summed E-state index contributed by atoms with van der Waals surface area (Å²) in [6.45, 7) is 3.33. The minimum Gasteiger partial charge on any atom is -0.297 e. The Bertz CT molecular complexity index is 891. The second kappa shape index (κ2) is 7.57. The third-order valence-electron chi connectivity index (χ3n) is 4.79. The standard InChI is InChI=1S/C18H21N7O/c26-18-6-5-17(15-3-1-7-19-13-15)21-25(18)14-16-4-2-9-23(16)11-12-24-10-8-20-22-24/h1,3,5-8,10,13,16H,2,4,9,11-12,14H2. The summed E-state index contributed by atoms with van der Waals surface area (Å²) in [6.07, 6.45) is 9.26. The molecular weight excluding hydrogens is 330 g/mol. The fourth-order valence-corrected chi connectivity index (χ4v) is 3.43. The predicted molar refractivity (Wildman–Crippen MR) is 96.3 cm³/mol. The Kier molecular flexibility index (Phi) is 4.83. The molecule has 3 aromatic rings. The molecule has 4 heterocycles. The van der Waals surface area contributed by atoms with E-state index in [1.807, 2.05) is 23.0 Å². The Morgan fingerprint density at radius 3 is 2.92 bits per heavy atom. The van der Waals surface area contributed by atoms with E-state index in [0.29, 0.717) is 12.6 Å². The van der Waals surface area contributed by atoms with Crippen LogP contribution < -0.4 is 5.56 Å². The Morgan fingerprint density at radius 2 is 2.12 bits per heavy atom. The fraction of sp³-hybridized carbons (Fsp3) is 0.389. The summed E-state index contributed by atoms with van der Waals surface area (Å²) >= 11 is 0. The molecule has 8 heteroatoms. The molecule has 3 aromatic heterocycles. The third-order valence-corrected chi connectivity index (χ3v) is 4.79. The maximum atomic E-state index is 12.3. The monoisotopic (exact) mass is 351 g/mol. The van der Waals surface area contributed by atoms with Crippen molar-refractivity contribution in [1.29, 1.82) is 0 Å². The van der Waals surface area contributed by atoms with Crippen molar-refractivity contribution in [3.05, 3.63) is 59.4 Å². The molecule has 0 bridgehead atoms. The van der Waals surface area contributed by atoms with Gasteiger partial charge in [-0.3, -0.25) is 19.4 Å². The van der Waals surface area contributed by atoms with E-state index in [1.54, 1.807) is 35.4 Å². The topological polar surface area (TPSA) is 81.7 Å². The van der Waals surface area contributed by atoms with Crippen molar-refractivity contribution in [1.82, 2.24) is 34.7 Å². The summed E-state index contributed by atoms with van der Waals surface area (Å²) in [5, 5.41) is 12.4. The van der Waals surface area contributed by atoms with Gasteiger partial charge in [-0.2, -0.15) is 5.10 Å². The van der Waals surface area contributed by atoms with Crippen molar-refractivity contribution >= 4 is 0 Å². The van der Waals surface area contributed by atoms with E-state index in [9.17, 15) is 4.79 Å². The Morgan fingerprint density at radius 1 is 1.15 bits per heavy atom. The molecule has 1 fully saturated rings. The quantitative estimate of drug-likeness (QED) is 0.660. The summed E-state index contributed by atoms with van der Waals surface area (Å²) in [7, 11) is 0. The van der Waals surface area contributed by atoms with Crippen LogP contribution in [-0.4, -0.2) is 53.8 Å². The molecule has 1 aliphatic rings. The van der Waals surface area contributed by atoms with E-state index < -0.39 is 0 Å². The zero-order chi connectivity index (χ0) is 17.8. The molecule has 0 aliphatic carbocycles. The highest BCUT2D eigenvalue weighted by Gasteiger charge is 2.25. The first kappa shape index (κ1) is 16.6. The van der Waals surface area contributed by atoms with E-state index in [-0.39, 0.29) is 5.56 Å². The summed E-state index contributed by atoms with van der Waals surface area (Å²) in [4.78, 5) is 18.8. The lowest BCUT2D eigenvalue weighted by atomic mass is 10.2. The van der Waals surface area contributed by atoms with Gasteiger partial charge in [0.05, 0.1) is 25.0 Å². The van der Waals surface area contributed by atoms with Gasteiger partial charge >= 0.3 is 0 Å². The van der Waals surface area contributed by atoms with Gasteiger partial charge in [-0.15, -0.1) is 5.10 Å². The number of hydrogen-bond donors (Lipinski definition) is 0. The Hall–Kier alpha value is -2.87. The molecule has 134 valence electrons. The summed E-state index contributed by atoms with van der Waals surface area (Å²) in [6, 6.07) is 7.48. The molecule has 8 nitrogen and oxygen atoms in total. The summed E-state index contributed by atoms with van der Waals surface area (Å²) in [5.74, 6) is 0. The van der Waals surface area contributed by atoms with Crippen molar-refractivity contribution in [2.45, 2.75) is 32.0 Å². The van der Waals surface area contributed by atoms with Crippen molar-refractivity contribution < 1.29 is 0 Å². The number of rotatable bonds is 6. The lowest BCUT2D eigenvalue weighted by Crippen LogP contribution is -2.38. The molecule has 1 aliphatic heterocycles. The molecule has 1 unspecified atom stereocenters. The van der Waals surface area contributed by atoms with E-state index in [4.69, 9.17) is 0 Å².